The van der Waals surface area contributed by atoms with Crippen LogP contribution in [0.3, 0.4) is 0 Å². The fourth-order valence-electron chi connectivity index (χ4n) is 2.55. The van der Waals surface area contributed by atoms with Crippen LogP contribution in [-0.2, 0) is 12.7 Å². The monoisotopic (exact) mass is 435 g/mol. The van der Waals surface area contributed by atoms with Gasteiger partial charge in [0.15, 0.2) is 0 Å². The lowest BCUT2D eigenvalue weighted by molar-refractivity contribution is -0.137. The van der Waals surface area contributed by atoms with Gasteiger partial charge in [-0.25, -0.2) is 4.98 Å². The van der Waals surface area contributed by atoms with Gasteiger partial charge in [-0.05, 0) is 42.0 Å². The number of anilines is 3. The van der Waals surface area contributed by atoms with E-state index >= 15 is 0 Å². The number of nitrogens with zero attached hydrogens (tertiary/aromatic N) is 2. The van der Waals surface area contributed by atoms with Crippen molar-refractivity contribution in [2.45, 2.75) is 12.7 Å². The van der Waals surface area contributed by atoms with E-state index in [4.69, 9.17) is 11.6 Å². The average molecular weight is 436 g/mol. The fraction of sp³-hybridized carbons (Fsp3) is 0.150. The van der Waals surface area contributed by atoms with Crippen LogP contribution in [0.25, 0.3) is 0 Å². The first-order valence-electron chi connectivity index (χ1n) is 8.78. The third-order valence-electron chi connectivity index (χ3n) is 4.10. The predicted molar refractivity (Wildman–Crippen MR) is 109 cm³/mol. The van der Waals surface area contributed by atoms with Crippen LogP contribution in [0.15, 0.2) is 54.7 Å². The molecule has 1 aromatic heterocycles. The minimum absolute atomic E-state index is 0.0192. The second-order valence-electron chi connectivity index (χ2n) is 6.22. The molecule has 1 heterocycles. The Hall–Kier alpha value is -3.33. The number of benzene rings is 2. The molecule has 3 aromatic rings. The first-order chi connectivity index (χ1) is 14.3. The predicted octanol–water partition coefficient (Wildman–Crippen LogP) is 4.86. The molecule has 3 N–H and O–H groups in total. The molecule has 1 amide bonds. The van der Waals surface area contributed by atoms with Crippen molar-refractivity contribution in [2.75, 3.05) is 17.7 Å². The molecule has 0 atom stereocenters. The van der Waals surface area contributed by atoms with Crippen molar-refractivity contribution in [1.29, 1.82) is 0 Å². The van der Waals surface area contributed by atoms with Crippen LogP contribution in [0.2, 0.25) is 5.02 Å². The molecule has 0 bridgehead atoms. The highest BCUT2D eigenvalue weighted by molar-refractivity contribution is 6.30. The van der Waals surface area contributed by atoms with Gasteiger partial charge in [-0.3, -0.25) is 4.79 Å². The standard InChI is InChI=1S/C20H17ClF3N5O/c1-25-18(30)13-4-8-15(9-5-13)28-19-27-11-16(20(22,23)24)17(29-19)26-10-12-2-6-14(21)7-3-12/h2-9,11H,10H2,1H3,(H,25,30)(H2,26,27,28,29). The number of alkyl halides is 3. The Labute approximate surface area is 175 Å². The molecule has 0 radical (unpaired) electrons. The maximum Gasteiger partial charge on any atom is 0.421 e. The molecule has 6 nitrogen and oxygen atoms in total. The molecule has 2 aromatic carbocycles. The van der Waals surface area contributed by atoms with Crippen LogP contribution in [0.4, 0.5) is 30.6 Å². The van der Waals surface area contributed by atoms with Crippen LogP contribution in [-0.4, -0.2) is 22.9 Å². The molecule has 0 aliphatic carbocycles. The highest BCUT2D eigenvalue weighted by Crippen LogP contribution is 2.34. The van der Waals surface area contributed by atoms with E-state index in [1.807, 2.05) is 0 Å². The Morgan fingerprint density at radius 3 is 2.33 bits per heavy atom. The Balaban J connectivity index is 1.81. The summed E-state index contributed by atoms with van der Waals surface area (Å²) in [7, 11) is 1.52. The van der Waals surface area contributed by atoms with E-state index in [2.05, 4.69) is 25.9 Å². The fourth-order valence-corrected chi connectivity index (χ4v) is 2.68. The zero-order valence-corrected chi connectivity index (χ0v) is 16.5. The van der Waals surface area contributed by atoms with Crippen molar-refractivity contribution in [2.24, 2.45) is 0 Å². The summed E-state index contributed by atoms with van der Waals surface area (Å²) in [4.78, 5) is 19.3. The molecule has 0 saturated heterocycles. The topological polar surface area (TPSA) is 78.9 Å². The first kappa shape index (κ1) is 21.4. The highest BCUT2D eigenvalue weighted by atomic mass is 35.5. The third-order valence-corrected chi connectivity index (χ3v) is 4.35. The molecule has 0 aliphatic heterocycles. The van der Waals surface area contributed by atoms with Crippen LogP contribution in [0.1, 0.15) is 21.5 Å². The second-order valence-corrected chi connectivity index (χ2v) is 6.65. The molecule has 30 heavy (non-hydrogen) atoms. The summed E-state index contributed by atoms with van der Waals surface area (Å²) in [5.41, 5.74) is 0.732. The summed E-state index contributed by atoms with van der Waals surface area (Å²) in [6.07, 6.45) is -3.89. The summed E-state index contributed by atoms with van der Waals surface area (Å²) < 4.78 is 40.0. The summed E-state index contributed by atoms with van der Waals surface area (Å²) in [6, 6.07) is 13.1. The first-order valence-corrected chi connectivity index (χ1v) is 9.16. The quantitative estimate of drug-likeness (QED) is 0.515. The lowest BCUT2D eigenvalue weighted by Crippen LogP contribution is -2.17. The number of hydrogen-bond donors (Lipinski definition) is 3. The number of aromatic nitrogens is 2. The molecule has 0 spiro atoms. The molecule has 0 saturated carbocycles. The van der Waals surface area contributed by atoms with Crippen molar-refractivity contribution >= 4 is 35.0 Å². The lowest BCUT2D eigenvalue weighted by atomic mass is 10.2. The van der Waals surface area contributed by atoms with E-state index in [1.54, 1.807) is 48.5 Å². The van der Waals surface area contributed by atoms with E-state index in [0.717, 1.165) is 11.8 Å². The van der Waals surface area contributed by atoms with E-state index in [1.165, 1.54) is 7.05 Å². The maximum atomic E-state index is 13.3. The van der Waals surface area contributed by atoms with Gasteiger partial charge in [-0.15, -0.1) is 0 Å². The van der Waals surface area contributed by atoms with Gasteiger partial charge in [0.25, 0.3) is 5.91 Å². The average Bonchev–Trinajstić information content (AvgIpc) is 2.72. The van der Waals surface area contributed by atoms with Crippen molar-refractivity contribution in [3.05, 3.63) is 76.4 Å². The number of carbonyl (C=O) groups is 1. The number of carbonyl (C=O) groups excluding carboxylic acids is 1. The van der Waals surface area contributed by atoms with Crippen LogP contribution >= 0.6 is 11.6 Å². The van der Waals surface area contributed by atoms with Gasteiger partial charge in [0, 0.05) is 36.1 Å². The molecule has 3 rings (SSSR count). The van der Waals surface area contributed by atoms with Crippen molar-refractivity contribution < 1.29 is 18.0 Å². The Morgan fingerprint density at radius 1 is 1.07 bits per heavy atom. The van der Waals surface area contributed by atoms with Gasteiger partial charge in [-0.2, -0.15) is 18.2 Å². The smallest absolute Gasteiger partial charge is 0.365 e. The van der Waals surface area contributed by atoms with Crippen molar-refractivity contribution in [3.8, 4) is 0 Å². The minimum Gasteiger partial charge on any atom is -0.365 e. The zero-order valence-electron chi connectivity index (χ0n) is 15.7. The number of amides is 1. The molecule has 0 unspecified atom stereocenters. The Kier molecular flexibility index (Phi) is 6.41. The van der Waals surface area contributed by atoms with Gasteiger partial charge in [0.1, 0.15) is 11.4 Å². The molecule has 10 heteroatoms. The van der Waals surface area contributed by atoms with Crippen LogP contribution < -0.4 is 16.0 Å². The molecule has 156 valence electrons. The van der Waals surface area contributed by atoms with Crippen molar-refractivity contribution in [3.63, 3.8) is 0 Å². The third kappa shape index (κ3) is 5.38. The largest absolute Gasteiger partial charge is 0.421 e. The number of nitrogens with one attached hydrogen (secondary N) is 3. The molecule has 0 fully saturated rings. The van der Waals surface area contributed by atoms with Gasteiger partial charge >= 0.3 is 6.18 Å². The molecular formula is C20H17ClF3N5O. The summed E-state index contributed by atoms with van der Waals surface area (Å²) in [5.74, 6) is -0.618. The summed E-state index contributed by atoms with van der Waals surface area (Å²) in [5, 5.41) is 8.58. The zero-order chi connectivity index (χ0) is 21.7. The molecular weight excluding hydrogens is 419 g/mol. The minimum atomic E-state index is -4.62. The van der Waals surface area contributed by atoms with Gasteiger partial charge in [-0.1, -0.05) is 23.7 Å². The normalized spacial score (nSPS) is 11.1. The van der Waals surface area contributed by atoms with E-state index in [0.29, 0.717) is 16.3 Å². The van der Waals surface area contributed by atoms with E-state index < -0.39 is 11.7 Å². The van der Waals surface area contributed by atoms with E-state index in [-0.39, 0.29) is 24.2 Å². The lowest BCUT2D eigenvalue weighted by Gasteiger charge is -2.15. The van der Waals surface area contributed by atoms with Gasteiger partial charge in [0.05, 0.1) is 0 Å². The number of halogens is 4. The molecule has 0 aliphatic rings. The second kappa shape index (κ2) is 9.00. The Morgan fingerprint density at radius 2 is 1.73 bits per heavy atom. The summed E-state index contributed by atoms with van der Waals surface area (Å²) in [6.45, 7) is 0.123. The van der Waals surface area contributed by atoms with Gasteiger partial charge in [0.2, 0.25) is 5.95 Å². The van der Waals surface area contributed by atoms with Crippen molar-refractivity contribution in [1.82, 2.24) is 15.3 Å². The summed E-state index contributed by atoms with van der Waals surface area (Å²) >= 11 is 5.83. The number of hydrogen-bond acceptors (Lipinski definition) is 5. The van der Waals surface area contributed by atoms with Crippen LogP contribution in [0.5, 0.6) is 0 Å². The maximum absolute atomic E-state index is 13.3. The highest BCUT2D eigenvalue weighted by Gasteiger charge is 2.35. The van der Waals surface area contributed by atoms with E-state index in [9.17, 15) is 18.0 Å². The number of rotatable bonds is 6. The SMILES string of the molecule is CNC(=O)c1ccc(Nc2ncc(C(F)(F)F)c(NCc3ccc(Cl)cc3)n2)cc1. The Bertz CT molecular complexity index is 1020. The van der Waals surface area contributed by atoms with Crippen LogP contribution in [0, 0.1) is 0 Å². The van der Waals surface area contributed by atoms with Gasteiger partial charge < -0.3 is 16.0 Å².